The van der Waals surface area contributed by atoms with Gasteiger partial charge in [-0.3, -0.25) is 9.52 Å². The molecule has 1 atom stereocenters. The zero-order valence-electron chi connectivity index (χ0n) is 18.0. The van der Waals surface area contributed by atoms with Crippen LogP contribution in [-0.2, 0) is 10.0 Å². The molecule has 0 radical (unpaired) electrons. The van der Waals surface area contributed by atoms with E-state index in [2.05, 4.69) is 4.72 Å². The van der Waals surface area contributed by atoms with Crippen molar-refractivity contribution in [1.82, 2.24) is 4.90 Å². The van der Waals surface area contributed by atoms with Gasteiger partial charge in [-0.2, -0.15) is 0 Å². The van der Waals surface area contributed by atoms with Gasteiger partial charge in [0.05, 0.1) is 4.90 Å². The van der Waals surface area contributed by atoms with E-state index in [-0.39, 0.29) is 10.8 Å². The van der Waals surface area contributed by atoms with Gasteiger partial charge in [-0.25, -0.2) is 8.42 Å². The van der Waals surface area contributed by atoms with Crippen LogP contribution in [0, 0.1) is 5.92 Å². The number of hydrogen-bond donors (Lipinski definition) is 1. The van der Waals surface area contributed by atoms with Crippen molar-refractivity contribution in [3.63, 3.8) is 0 Å². The highest BCUT2D eigenvalue weighted by Gasteiger charge is 2.36. The largest absolute Gasteiger partial charge is 0.486 e. The minimum absolute atomic E-state index is 0.0423. The van der Waals surface area contributed by atoms with Crippen molar-refractivity contribution in [2.24, 2.45) is 5.92 Å². The van der Waals surface area contributed by atoms with Gasteiger partial charge in [0, 0.05) is 29.9 Å². The van der Waals surface area contributed by atoms with E-state index in [0.717, 1.165) is 19.4 Å². The Labute approximate surface area is 188 Å². The van der Waals surface area contributed by atoms with Crippen molar-refractivity contribution >= 4 is 21.6 Å². The molecule has 5 rings (SSSR count). The molecule has 1 saturated carbocycles. The summed E-state index contributed by atoms with van der Waals surface area (Å²) in [6.07, 6.45) is 7.11. The van der Waals surface area contributed by atoms with Crippen LogP contribution in [0.5, 0.6) is 11.5 Å². The molecule has 0 spiro atoms. The van der Waals surface area contributed by atoms with Crippen LogP contribution < -0.4 is 14.2 Å². The van der Waals surface area contributed by atoms with Gasteiger partial charge in [0.15, 0.2) is 11.5 Å². The lowest BCUT2D eigenvalue weighted by molar-refractivity contribution is 0.0689. The maximum absolute atomic E-state index is 13.1. The Bertz CT molecular complexity index is 1090. The van der Waals surface area contributed by atoms with Crippen LogP contribution in [0.25, 0.3) is 0 Å². The summed E-state index contributed by atoms with van der Waals surface area (Å²) < 4.78 is 39.2. The molecule has 8 heteroatoms. The lowest BCUT2D eigenvalue weighted by Gasteiger charge is -2.29. The topological polar surface area (TPSA) is 84.9 Å². The number of benzene rings is 2. The molecule has 170 valence electrons. The number of likely N-dealkylation sites (tertiary alicyclic amines) is 1. The number of rotatable bonds is 5. The molecule has 2 aromatic rings. The molecule has 1 N–H and O–H groups in total. The number of anilines is 1. The Balaban J connectivity index is 1.29. The van der Waals surface area contributed by atoms with Crippen molar-refractivity contribution in [2.45, 2.75) is 49.5 Å². The number of nitrogens with one attached hydrogen (secondary N) is 1. The first kappa shape index (κ1) is 21.1. The molecule has 1 amide bonds. The van der Waals surface area contributed by atoms with E-state index < -0.39 is 10.0 Å². The van der Waals surface area contributed by atoms with Crippen molar-refractivity contribution in [1.29, 1.82) is 0 Å². The highest BCUT2D eigenvalue weighted by Crippen LogP contribution is 2.36. The Morgan fingerprint density at radius 3 is 2.38 bits per heavy atom. The van der Waals surface area contributed by atoms with Crippen LogP contribution in [0.1, 0.15) is 48.9 Å². The number of fused-ring (bicyclic) bond motifs is 1. The standard InChI is InChI=1S/C24H28N2O5S/c27-24(26-13-3-6-21(26)17-4-1-2-5-17)18-7-9-19(10-8-18)25-32(28,29)20-11-12-22-23(16-20)31-15-14-30-22/h7-12,16-17,21,25H,1-6,13-15H2. The lowest BCUT2D eigenvalue weighted by atomic mass is 9.95. The summed E-state index contributed by atoms with van der Waals surface area (Å²) in [7, 11) is -3.80. The molecule has 7 nitrogen and oxygen atoms in total. The third-order valence-corrected chi connectivity index (χ3v) is 8.09. The smallest absolute Gasteiger partial charge is 0.262 e. The Morgan fingerprint density at radius 1 is 0.906 bits per heavy atom. The monoisotopic (exact) mass is 456 g/mol. The van der Waals surface area contributed by atoms with Crippen molar-refractivity contribution in [2.75, 3.05) is 24.5 Å². The molecule has 0 aromatic heterocycles. The third kappa shape index (κ3) is 4.16. The third-order valence-electron chi connectivity index (χ3n) is 6.71. The number of carbonyl (C=O) groups is 1. The molecule has 0 bridgehead atoms. The highest BCUT2D eigenvalue weighted by atomic mass is 32.2. The second-order valence-electron chi connectivity index (χ2n) is 8.74. The number of sulfonamides is 1. The molecule has 3 aliphatic rings. The average Bonchev–Trinajstić information content (AvgIpc) is 3.50. The maximum atomic E-state index is 13.1. The van der Waals surface area contributed by atoms with E-state index in [1.165, 1.54) is 37.8 Å². The van der Waals surface area contributed by atoms with E-state index in [1.807, 2.05) is 4.90 Å². The SMILES string of the molecule is O=C(c1ccc(NS(=O)(=O)c2ccc3c(c2)OCCO3)cc1)N1CCCC1C1CCCC1. The van der Waals surface area contributed by atoms with Crippen LogP contribution in [0.3, 0.4) is 0 Å². The molecule has 1 unspecified atom stereocenters. The highest BCUT2D eigenvalue weighted by molar-refractivity contribution is 7.92. The predicted molar refractivity (Wildman–Crippen MR) is 121 cm³/mol. The normalized spacial score (nSPS) is 21.0. The van der Waals surface area contributed by atoms with Gasteiger partial charge >= 0.3 is 0 Å². The molecule has 2 aromatic carbocycles. The second kappa shape index (κ2) is 8.65. The van der Waals surface area contributed by atoms with E-state index in [0.29, 0.717) is 47.9 Å². The summed E-state index contributed by atoms with van der Waals surface area (Å²) >= 11 is 0. The summed E-state index contributed by atoms with van der Waals surface area (Å²) in [6, 6.07) is 11.6. The average molecular weight is 457 g/mol. The fourth-order valence-corrected chi connectivity index (χ4v) is 6.20. The van der Waals surface area contributed by atoms with Crippen LogP contribution in [-0.4, -0.2) is 45.0 Å². The van der Waals surface area contributed by atoms with Gasteiger partial charge in [0.25, 0.3) is 15.9 Å². The first-order valence-electron chi connectivity index (χ1n) is 11.3. The lowest BCUT2D eigenvalue weighted by Crippen LogP contribution is -2.39. The van der Waals surface area contributed by atoms with Crippen LogP contribution >= 0.6 is 0 Å². The fraction of sp³-hybridized carbons (Fsp3) is 0.458. The van der Waals surface area contributed by atoms with Crippen LogP contribution in [0.4, 0.5) is 5.69 Å². The maximum Gasteiger partial charge on any atom is 0.262 e. The molecule has 2 fully saturated rings. The summed E-state index contributed by atoms with van der Waals surface area (Å²) in [6.45, 7) is 1.64. The summed E-state index contributed by atoms with van der Waals surface area (Å²) in [4.78, 5) is 15.3. The minimum atomic E-state index is -3.80. The van der Waals surface area contributed by atoms with E-state index in [9.17, 15) is 13.2 Å². The van der Waals surface area contributed by atoms with Gasteiger partial charge in [-0.05, 0) is 68.0 Å². The Morgan fingerprint density at radius 2 is 1.62 bits per heavy atom. The van der Waals surface area contributed by atoms with E-state index >= 15 is 0 Å². The molecule has 32 heavy (non-hydrogen) atoms. The molecule has 2 heterocycles. The zero-order chi connectivity index (χ0) is 22.1. The molecule has 1 saturated heterocycles. The fourth-order valence-electron chi connectivity index (χ4n) is 5.13. The molecule has 1 aliphatic carbocycles. The number of carbonyl (C=O) groups excluding carboxylic acids is 1. The van der Waals surface area contributed by atoms with E-state index in [4.69, 9.17) is 9.47 Å². The Hall–Kier alpha value is -2.74. The summed E-state index contributed by atoms with van der Waals surface area (Å²) in [5, 5.41) is 0. The summed E-state index contributed by atoms with van der Waals surface area (Å²) in [5.74, 6) is 1.62. The van der Waals surface area contributed by atoms with Gasteiger partial charge < -0.3 is 14.4 Å². The molecular weight excluding hydrogens is 428 g/mol. The summed E-state index contributed by atoms with van der Waals surface area (Å²) in [5.41, 5.74) is 1.00. The number of hydrogen-bond acceptors (Lipinski definition) is 5. The molecular formula is C24H28N2O5S. The minimum Gasteiger partial charge on any atom is -0.486 e. The number of nitrogens with zero attached hydrogens (tertiary/aromatic N) is 1. The van der Waals surface area contributed by atoms with Gasteiger partial charge in [0.2, 0.25) is 0 Å². The van der Waals surface area contributed by atoms with Crippen LogP contribution in [0.2, 0.25) is 0 Å². The second-order valence-corrected chi connectivity index (χ2v) is 10.4. The van der Waals surface area contributed by atoms with Gasteiger partial charge in [-0.15, -0.1) is 0 Å². The first-order chi connectivity index (χ1) is 15.5. The quantitative estimate of drug-likeness (QED) is 0.734. The van der Waals surface area contributed by atoms with Crippen molar-refractivity contribution in [3.05, 3.63) is 48.0 Å². The van der Waals surface area contributed by atoms with Crippen molar-refractivity contribution < 1.29 is 22.7 Å². The van der Waals surface area contributed by atoms with Crippen molar-refractivity contribution in [3.8, 4) is 11.5 Å². The van der Waals surface area contributed by atoms with Gasteiger partial charge in [0.1, 0.15) is 13.2 Å². The first-order valence-corrected chi connectivity index (χ1v) is 12.8. The predicted octanol–water partition coefficient (Wildman–Crippen LogP) is 4.05. The zero-order valence-corrected chi connectivity index (χ0v) is 18.8. The van der Waals surface area contributed by atoms with Gasteiger partial charge in [-0.1, -0.05) is 12.8 Å². The van der Waals surface area contributed by atoms with E-state index in [1.54, 1.807) is 30.3 Å². The number of amides is 1. The van der Waals surface area contributed by atoms with Crippen LogP contribution in [0.15, 0.2) is 47.4 Å². The Kier molecular flexibility index (Phi) is 5.71. The molecule has 2 aliphatic heterocycles. The number of ether oxygens (including phenoxy) is 2.